The van der Waals surface area contributed by atoms with Gasteiger partial charge in [0.15, 0.2) is 40.8 Å². The average molecular weight is 553 g/mol. The molecule has 0 radical (unpaired) electrons. The quantitative estimate of drug-likeness (QED) is 0.379. The maximum atomic E-state index is 14.6. The highest BCUT2D eigenvalue weighted by molar-refractivity contribution is 6.26. The van der Waals surface area contributed by atoms with Crippen molar-refractivity contribution < 1.29 is 48.3 Å². The molecule has 0 aromatic rings. The summed E-state index contributed by atoms with van der Waals surface area (Å²) in [7, 11) is 0. The van der Waals surface area contributed by atoms with Gasteiger partial charge in [-0.1, -0.05) is 23.3 Å². The Balaban J connectivity index is 1.42. The molecule has 8 rings (SSSR count). The summed E-state index contributed by atoms with van der Waals surface area (Å²) in [4.78, 5) is 56.9. The monoisotopic (exact) mass is 552 g/mol. The number of ketones is 4. The summed E-state index contributed by atoms with van der Waals surface area (Å²) in [5.41, 5.74) is -3.57. The zero-order valence-corrected chi connectivity index (χ0v) is 23.1. The normalized spacial score (nSPS) is 47.0. The molecule has 0 aromatic carbocycles. The number of Topliss-reactive ketones (excluding diaryl/α,β-unsaturated/α-hetero) is 4. The lowest BCUT2D eigenvalue weighted by Gasteiger charge is -2.62. The number of rotatable bonds is 4. The summed E-state index contributed by atoms with van der Waals surface area (Å²) in [6.07, 6.45) is -3.41. The minimum atomic E-state index is -1.80. The first-order chi connectivity index (χ1) is 18.8. The van der Waals surface area contributed by atoms with Gasteiger partial charge in [0.25, 0.3) is 0 Å². The molecule has 5 aliphatic heterocycles. The summed E-state index contributed by atoms with van der Waals surface area (Å²) in [6.45, 7) is 10.6. The van der Waals surface area contributed by atoms with E-state index < -0.39 is 94.3 Å². The largest absolute Gasteiger partial charge is 0.498 e. The number of hydrogen-bond acceptors (Lipinski definition) is 10. The van der Waals surface area contributed by atoms with E-state index in [4.69, 9.17) is 18.9 Å². The summed E-state index contributed by atoms with van der Waals surface area (Å²) in [6, 6.07) is 0. The van der Waals surface area contributed by atoms with E-state index in [1.54, 1.807) is 41.5 Å². The number of allylic oxidation sites excluding steroid dienone is 2. The zero-order valence-electron chi connectivity index (χ0n) is 23.1. The average Bonchev–Trinajstić information content (AvgIpc) is 3.78. The fraction of sp³-hybridized carbons (Fsp3) is 0.600. The van der Waals surface area contributed by atoms with Crippen LogP contribution in [0, 0.1) is 17.3 Å². The molecule has 0 unspecified atom stereocenters. The predicted octanol–water partition coefficient (Wildman–Crippen LogP) is 0.838. The van der Waals surface area contributed by atoms with E-state index in [-0.39, 0.29) is 16.7 Å². The summed E-state index contributed by atoms with van der Waals surface area (Å²) >= 11 is 0. The highest BCUT2D eigenvalue weighted by Crippen LogP contribution is 2.69. The molecule has 1 spiro atoms. The topological polar surface area (TPSA) is 152 Å². The molecule has 3 saturated heterocycles. The molecule has 2 bridgehead atoms. The molecular formula is C30H32O10. The van der Waals surface area contributed by atoms with Crippen LogP contribution in [0.25, 0.3) is 0 Å². The third-order valence-corrected chi connectivity index (χ3v) is 9.92. The fourth-order valence-electron chi connectivity index (χ4n) is 8.27. The van der Waals surface area contributed by atoms with Crippen LogP contribution < -0.4 is 0 Å². The third-order valence-electron chi connectivity index (χ3n) is 9.92. The Hall–Kier alpha value is -2.76. The first kappa shape index (κ1) is 26.2. The Labute approximate surface area is 230 Å². The van der Waals surface area contributed by atoms with Crippen molar-refractivity contribution in [2.75, 3.05) is 0 Å². The minimum Gasteiger partial charge on any atom is -0.498 e. The lowest BCUT2D eigenvalue weighted by Crippen LogP contribution is -2.73. The van der Waals surface area contributed by atoms with Crippen molar-refractivity contribution in [3.05, 3.63) is 46.3 Å². The van der Waals surface area contributed by atoms with E-state index in [1.807, 2.05) is 0 Å². The predicted molar refractivity (Wildman–Crippen MR) is 136 cm³/mol. The van der Waals surface area contributed by atoms with E-state index in [1.165, 1.54) is 18.4 Å². The lowest BCUT2D eigenvalue weighted by molar-refractivity contribution is -0.205. The number of ether oxygens (including phenoxy) is 4. The van der Waals surface area contributed by atoms with Gasteiger partial charge in [-0.05, 0) is 41.5 Å². The van der Waals surface area contributed by atoms with E-state index in [0.29, 0.717) is 0 Å². The van der Waals surface area contributed by atoms with Gasteiger partial charge in [0, 0.05) is 23.0 Å². The van der Waals surface area contributed by atoms with Crippen molar-refractivity contribution in [1.82, 2.24) is 0 Å². The van der Waals surface area contributed by atoms with Gasteiger partial charge in [-0.2, -0.15) is 0 Å². The molecule has 0 amide bonds. The highest BCUT2D eigenvalue weighted by atomic mass is 16.6. The van der Waals surface area contributed by atoms with E-state index in [2.05, 4.69) is 0 Å². The van der Waals surface area contributed by atoms with Gasteiger partial charge in [0.1, 0.15) is 23.7 Å². The van der Waals surface area contributed by atoms with Gasteiger partial charge < -0.3 is 29.2 Å². The molecule has 8 aliphatic rings. The second-order valence-corrected chi connectivity index (χ2v) is 12.7. The number of hydrogen-bond donors (Lipinski definition) is 2. The van der Waals surface area contributed by atoms with Crippen molar-refractivity contribution in [2.24, 2.45) is 17.3 Å². The van der Waals surface area contributed by atoms with Crippen LogP contribution in [0.4, 0.5) is 0 Å². The SMILES string of the molecule is CC(C)=C[C@@H](O)[C@@]12O[C@@H]1C(=O)[C@@]13C(=CO[C@@H](C)[C@H]1[C@@H]1C4=C(C(=O)[C@@]5([C@@H](O)C=C(C)C)O[C@@H]5C4=O)[C@@H]3O[C@@H]1C)C2=O. The molecule has 10 heteroatoms. The number of aliphatic hydroxyl groups excluding tert-OH is 2. The smallest absolute Gasteiger partial charge is 0.201 e. The minimum absolute atomic E-state index is 0.0153. The molecule has 12 atom stereocenters. The van der Waals surface area contributed by atoms with Crippen LogP contribution >= 0.6 is 0 Å². The van der Waals surface area contributed by atoms with Gasteiger partial charge in [-0.3, -0.25) is 19.2 Å². The lowest BCUT2D eigenvalue weighted by atomic mass is 9.44. The Bertz CT molecular complexity index is 1440. The summed E-state index contributed by atoms with van der Waals surface area (Å²) in [5.74, 6) is -3.55. The van der Waals surface area contributed by atoms with Crippen LogP contribution in [0.1, 0.15) is 41.5 Å². The van der Waals surface area contributed by atoms with Crippen LogP contribution in [-0.2, 0) is 38.1 Å². The van der Waals surface area contributed by atoms with Gasteiger partial charge in [-0.15, -0.1) is 0 Å². The molecule has 10 nitrogen and oxygen atoms in total. The summed E-state index contributed by atoms with van der Waals surface area (Å²) in [5, 5.41) is 22.0. The first-order valence-corrected chi connectivity index (χ1v) is 13.7. The van der Waals surface area contributed by atoms with Gasteiger partial charge in [0.05, 0.1) is 24.0 Å². The van der Waals surface area contributed by atoms with E-state index in [0.717, 1.165) is 11.1 Å². The fourth-order valence-corrected chi connectivity index (χ4v) is 8.27. The molecular weight excluding hydrogens is 520 g/mol. The van der Waals surface area contributed by atoms with Crippen LogP contribution in [0.5, 0.6) is 0 Å². The molecule has 2 N–H and O–H groups in total. The number of carbonyl (C=O) groups excluding carboxylic acids is 4. The van der Waals surface area contributed by atoms with E-state index in [9.17, 15) is 29.4 Å². The van der Waals surface area contributed by atoms with Crippen molar-refractivity contribution >= 4 is 23.1 Å². The van der Waals surface area contributed by atoms with Gasteiger partial charge in [0.2, 0.25) is 5.78 Å². The standard InChI is InChI=1S/C30H32O10/c1-10(2)7-15(31)29-22(34)14-9-37-13(6)20-17-12(5)38-25(28(14,20)24(36)27(29)40-29)19-18(17)21(33)26-30(39-26,23(19)35)16(32)8-11(3)4/h7-9,12-13,15-17,20,25-27,31-32H,1-6H3/t12-,13+,15-,16+,17+,20+,25+,26-,27-,28-,29+,30-/m1/s1. The second kappa shape index (κ2) is 7.74. The van der Waals surface area contributed by atoms with Crippen molar-refractivity contribution in [2.45, 2.75) is 95.5 Å². The second-order valence-electron chi connectivity index (χ2n) is 12.7. The molecule has 1 saturated carbocycles. The Morgan fingerprint density at radius 3 is 2.00 bits per heavy atom. The van der Waals surface area contributed by atoms with E-state index >= 15 is 0 Å². The Morgan fingerprint density at radius 2 is 1.40 bits per heavy atom. The molecule has 4 fully saturated rings. The Morgan fingerprint density at radius 1 is 0.825 bits per heavy atom. The number of aliphatic hydroxyl groups is 2. The zero-order chi connectivity index (χ0) is 28.8. The maximum absolute atomic E-state index is 14.6. The molecule has 0 aromatic heterocycles. The Kier molecular flexibility index (Phi) is 5.06. The van der Waals surface area contributed by atoms with Crippen molar-refractivity contribution in [3.8, 4) is 0 Å². The van der Waals surface area contributed by atoms with Crippen LogP contribution in [0.2, 0.25) is 0 Å². The first-order valence-electron chi connectivity index (χ1n) is 13.7. The summed E-state index contributed by atoms with van der Waals surface area (Å²) < 4.78 is 23.8. The van der Waals surface area contributed by atoms with Crippen LogP contribution in [0.3, 0.4) is 0 Å². The molecule has 5 heterocycles. The van der Waals surface area contributed by atoms with Crippen molar-refractivity contribution in [3.63, 3.8) is 0 Å². The number of fused-ring (bicyclic) bond motifs is 3. The van der Waals surface area contributed by atoms with Crippen LogP contribution in [-0.4, -0.2) is 87.3 Å². The molecule has 212 valence electrons. The van der Waals surface area contributed by atoms with Crippen LogP contribution in [0.15, 0.2) is 46.3 Å². The van der Waals surface area contributed by atoms with Crippen molar-refractivity contribution in [1.29, 1.82) is 0 Å². The van der Waals surface area contributed by atoms with Gasteiger partial charge in [-0.25, -0.2) is 0 Å². The maximum Gasteiger partial charge on any atom is 0.201 e. The number of carbonyl (C=O) groups is 4. The highest BCUT2D eigenvalue weighted by Gasteiger charge is 2.86. The number of epoxide rings is 2. The third kappa shape index (κ3) is 2.68. The molecule has 3 aliphatic carbocycles. The van der Waals surface area contributed by atoms with Gasteiger partial charge >= 0.3 is 0 Å². The molecule has 40 heavy (non-hydrogen) atoms.